The maximum absolute atomic E-state index is 13.3. The Labute approximate surface area is 169 Å². The van der Waals surface area contributed by atoms with E-state index in [4.69, 9.17) is 9.47 Å². The molecule has 2 unspecified atom stereocenters. The molecule has 0 N–H and O–H groups in total. The third-order valence-electron chi connectivity index (χ3n) is 6.00. The summed E-state index contributed by atoms with van der Waals surface area (Å²) in [5.74, 6) is 0.160. The monoisotopic (exact) mass is 390 g/mol. The average Bonchev–Trinajstić information content (AvgIpc) is 2.75. The minimum atomic E-state index is -0.353. The standard InChI is InChI=1S/C24H22O5/c1-13-17(10-14-8-9-20(28-2)21(11-14)29-3)22-18(12-19(13)25)23(26)15-6-4-5-7-16(15)24(22)27/h4-9,11,13,17H,10,12H2,1-3H3. The van der Waals surface area contributed by atoms with Gasteiger partial charge in [0.15, 0.2) is 23.1 Å². The van der Waals surface area contributed by atoms with Crippen LogP contribution in [-0.4, -0.2) is 31.6 Å². The maximum Gasteiger partial charge on any atom is 0.190 e. The SMILES string of the molecule is COc1ccc(CC2C3=C(CC(=O)C2C)C(=O)c2ccccc2C3=O)cc1OC. The lowest BCUT2D eigenvalue weighted by molar-refractivity contribution is -0.123. The second-order valence-corrected chi connectivity index (χ2v) is 7.53. The molecule has 2 atom stereocenters. The lowest BCUT2D eigenvalue weighted by Gasteiger charge is -2.34. The van der Waals surface area contributed by atoms with Crippen LogP contribution in [0, 0.1) is 11.8 Å². The summed E-state index contributed by atoms with van der Waals surface area (Å²) in [6.45, 7) is 1.84. The first kappa shape index (κ1) is 19.1. The first-order valence-corrected chi connectivity index (χ1v) is 9.61. The van der Waals surface area contributed by atoms with Gasteiger partial charge in [0.1, 0.15) is 5.78 Å². The summed E-state index contributed by atoms with van der Waals surface area (Å²) in [6.07, 6.45) is 0.491. The van der Waals surface area contributed by atoms with Crippen molar-refractivity contribution in [1.82, 2.24) is 0 Å². The van der Waals surface area contributed by atoms with Gasteiger partial charge >= 0.3 is 0 Å². The van der Waals surface area contributed by atoms with E-state index in [1.54, 1.807) is 38.5 Å². The highest BCUT2D eigenvalue weighted by Gasteiger charge is 2.43. The van der Waals surface area contributed by atoms with Gasteiger partial charge in [-0.05, 0) is 24.1 Å². The molecule has 2 aliphatic carbocycles. The molecule has 0 saturated heterocycles. The van der Waals surface area contributed by atoms with Crippen molar-refractivity contribution in [3.8, 4) is 11.5 Å². The molecule has 0 heterocycles. The van der Waals surface area contributed by atoms with Gasteiger partial charge in [0, 0.05) is 40.5 Å². The quantitative estimate of drug-likeness (QED) is 0.793. The number of methoxy groups -OCH3 is 2. The molecule has 0 aromatic heterocycles. The number of rotatable bonds is 4. The van der Waals surface area contributed by atoms with Crippen molar-refractivity contribution in [3.05, 3.63) is 70.3 Å². The Balaban J connectivity index is 1.79. The third-order valence-corrected chi connectivity index (χ3v) is 6.00. The summed E-state index contributed by atoms with van der Waals surface area (Å²) < 4.78 is 10.7. The summed E-state index contributed by atoms with van der Waals surface area (Å²) in [5, 5.41) is 0. The number of ether oxygens (including phenoxy) is 2. The van der Waals surface area contributed by atoms with E-state index in [0.717, 1.165) is 5.56 Å². The second kappa shape index (κ2) is 7.32. The Kier molecular flexibility index (Phi) is 4.82. The van der Waals surface area contributed by atoms with Gasteiger partial charge in [-0.3, -0.25) is 14.4 Å². The molecule has 4 rings (SSSR count). The van der Waals surface area contributed by atoms with Crippen LogP contribution in [0.4, 0.5) is 0 Å². The Hall–Kier alpha value is -3.21. The van der Waals surface area contributed by atoms with Crippen molar-refractivity contribution in [1.29, 1.82) is 0 Å². The summed E-state index contributed by atoms with van der Waals surface area (Å²) in [5.41, 5.74) is 2.59. The van der Waals surface area contributed by atoms with Crippen LogP contribution >= 0.6 is 0 Å². The molecule has 0 fully saturated rings. The summed E-state index contributed by atoms with van der Waals surface area (Å²) >= 11 is 0. The molecule has 0 spiro atoms. The molecule has 0 radical (unpaired) electrons. The van der Waals surface area contributed by atoms with Gasteiger partial charge in [0.2, 0.25) is 0 Å². The molecule has 2 aromatic rings. The molecule has 0 bridgehead atoms. The molecule has 2 aromatic carbocycles. The molecule has 2 aliphatic rings. The van der Waals surface area contributed by atoms with E-state index in [0.29, 0.717) is 40.2 Å². The van der Waals surface area contributed by atoms with Gasteiger partial charge in [-0.1, -0.05) is 37.3 Å². The highest BCUT2D eigenvalue weighted by molar-refractivity contribution is 6.28. The number of fused-ring (bicyclic) bond motifs is 1. The van der Waals surface area contributed by atoms with Gasteiger partial charge in [-0.15, -0.1) is 0 Å². The van der Waals surface area contributed by atoms with E-state index < -0.39 is 0 Å². The van der Waals surface area contributed by atoms with Gasteiger partial charge in [-0.25, -0.2) is 0 Å². The molecule has 5 heteroatoms. The second-order valence-electron chi connectivity index (χ2n) is 7.53. The third kappa shape index (κ3) is 3.07. The largest absolute Gasteiger partial charge is 0.493 e. The minimum Gasteiger partial charge on any atom is -0.493 e. The van der Waals surface area contributed by atoms with E-state index in [1.807, 2.05) is 25.1 Å². The van der Waals surface area contributed by atoms with Crippen LogP contribution < -0.4 is 9.47 Å². The first-order chi connectivity index (χ1) is 14.0. The molecule has 5 nitrogen and oxygen atoms in total. The van der Waals surface area contributed by atoms with Crippen LogP contribution in [0.3, 0.4) is 0 Å². The fourth-order valence-corrected chi connectivity index (χ4v) is 4.36. The summed E-state index contributed by atoms with van der Waals surface area (Å²) in [7, 11) is 3.13. The number of hydrogen-bond acceptors (Lipinski definition) is 5. The first-order valence-electron chi connectivity index (χ1n) is 9.61. The smallest absolute Gasteiger partial charge is 0.190 e. The van der Waals surface area contributed by atoms with Crippen LogP contribution in [0.5, 0.6) is 11.5 Å². The van der Waals surface area contributed by atoms with Crippen molar-refractivity contribution in [3.63, 3.8) is 0 Å². The molecule has 0 saturated carbocycles. The molecular formula is C24H22O5. The number of ketones is 3. The van der Waals surface area contributed by atoms with Gasteiger partial charge < -0.3 is 9.47 Å². The summed E-state index contributed by atoms with van der Waals surface area (Å²) in [4.78, 5) is 39.0. The van der Waals surface area contributed by atoms with Gasteiger partial charge in [0.05, 0.1) is 14.2 Å². The Morgan fingerprint density at radius 3 is 2.21 bits per heavy atom. The van der Waals surface area contributed by atoms with Crippen molar-refractivity contribution in [2.75, 3.05) is 14.2 Å². The predicted molar refractivity (Wildman–Crippen MR) is 108 cm³/mol. The topological polar surface area (TPSA) is 69.7 Å². The molecule has 148 valence electrons. The van der Waals surface area contributed by atoms with E-state index in [2.05, 4.69) is 0 Å². The van der Waals surface area contributed by atoms with Crippen LogP contribution in [0.2, 0.25) is 0 Å². The Bertz CT molecular complexity index is 1060. The van der Waals surface area contributed by atoms with Crippen LogP contribution in [0.15, 0.2) is 53.6 Å². The predicted octanol–water partition coefficient (Wildman–Crippen LogP) is 3.85. The molecule has 0 aliphatic heterocycles. The van der Waals surface area contributed by atoms with E-state index >= 15 is 0 Å². The zero-order chi connectivity index (χ0) is 20.7. The molecule has 0 amide bonds. The van der Waals surface area contributed by atoms with Crippen molar-refractivity contribution in [2.24, 2.45) is 11.8 Å². The van der Waals surface area contributed by atoms with Gasteiger partial charge in [0.25, 0.3) is 0 Å². The highest BCUT2D eigenvalue weighted by atomic mass is 16.5. The van der Waals surface area contributed by atoms with Crippen LogP contribution in [-0.2, 0) is 11.2 Å². The number of hydrogen-bond donors (Lipinski definition) is 0. The van der Waals surface area contributed by atoms with Crippen molar-refractivity contribution in [2.45, 2.75) is 19.8 Å². The van der Waals surface area contributed by atoms with Crippen molar-refractivity contribution >= 4 is 17.3 Å². The number of carbonyl (C=O) groups excluding carboxylic acids is 3. The highest BCUT2D eigenvalue weighted by Crippen LogP contribution is 2.42. The molecular weight excluding hydrogens is 368 g/mol. The van der Waals surface area contributed by atoms with Crippen molar-refractivity contribution < 1.29 is 23.9 Å². The van der Waals surface area contributed by atoms with Crippen LogP contribution in [0.1, 0.15) is 39.6 Å². The number of Topliss-reactive ketones (excluding diaryl/α,β-unsaturated/α-hetero) is 3. The lowest BCUT2D eigenvalue weighted by Crippen LogP contribution is -2.38. The number of carbonyl (C=O) groups is 3. The maximum atomic E-state index is 13.3. The Morgan fingerprint density at radius 1 is 0.897 bits per heavy atom. The number of benzene rings is 2. The van der Waals surface area contributed by atoms with E-state index in [1.165, 1.54) is 0 Å². The fraction of sp³-hybridized carbons (Fsp3) is 0.292. The normalized spacial score (nSPS) is 21.0. The average molecular weight is 390 g/mol. The molecule has 29 heavy (non-hydrogen) atoms. The minimum absolute atomic E-state index is 0.00485. The van der Waals surface area contributed by atoms with Gasteiger partial charge in [-0.2, -0.15) is 0 Å². The zero-order valence-corrected chi connectivity index (χ0v) is 16.7. The zero-order valence-electron chi connectivity index (χ0n) is 16.7. The van der Waals surface area contributed by atoms with E-state index in [9.17, 15) is 14.4 Å². The fourth-order valence-electron chi connectivity index (χ4n) is 4.36. The Morgan fingerprint density at radius 2 is 1.55 bits per heavy atom. The van der Waals surface area contributed by atoms with E-state index in [-0.39, 0.29) is 35.6 Å². The lowest BCUT2D eigenvalue weighted by atomic mass is 9.66. The number of allylic oxidation sites excluding steroid dienone is 2. The van der Waals surface area contributed by atoms with Crippen LogP contribution in [0.25, 0.3) is 0 Å². The summed E-state index contributed by atoms with van der Waals surface area (Å²) in [6, 6.07) is 12.4.